The number of nitrogens with one attached hydrogen (secondary N) is 1. The summed E-state index contributed by atoms with van der Waals surface area (Å²) < 4.78 is 29.3. The van der Waals surface area contributed by atoms with Gasteiger partial charge in [-0.15, -0.1) is 0 Å². The summed E-state index contributed by atoms with van der Waals surface area (Å²) in [5, 5.41) is 3.01. The molecule has 6 heteroatoms. The first-order valence-corrected chi connectivity index (χ1v) is 8.87. The Bertz CT molecular complexity index is 790. The van der Waals surface area contributed by atoms with Crippen LogP contribution in [0.2, 0.25) is 0 Å². The number of carbonyl (C=O) groups is 1. The number of amides is 1. The first kappa shape index (κ1) is 19.0. The molecule has 0 bridgehead atoms. The predicted molar refractivity (Wildman–Crippen MR) is 99.9 cm³/mol. The van der Waals surface area contributed by atoms with Crippen molar-refractivity contribution in [2.75, 3.05) is 21.3 Å². The average Bonchev–Trinajstić information content (AvgIpc) is 2.65. The van der Waals surface area contributed by atoms with Crippen molar-refractivity contribution in [1.29, 1.82) is 0 Å². The second-order valence-corrected chi connectivity index (χ2v) is 6.66. The highest BCUT2D eigenvalue weighted by atomic mass is 19.1. The molecule has 0 aliphatic heterocycles. The van der Waals surface area contributed by atoms with Crippen LogP contribution in [-0.4, -0.2) is 27.2 Å². The molecule has 0 spiro atoms. The average molecular weight is 373 g/mol. The topological polar surface area (TPSA) is 56.8 Å². The number of methoxy groups -OCH3 is 3. The first-order valence-electron chi connectivity index (χ1n) is 8.87. The van der Waals surface area contributed by atoms with Gasteiger partial charge in [0.1, 0.15) is 5.82 Å². The van der Waals surface area contributed by atoms with E-state index in [1.807, 2.05) is 12.1 Å². The van der Waals surface area contributed by atoms with Gasteiger partial charge in [-0.3, -0.25) is 4.79 Å². The molecular formula is C21H24FNO4. The number of rotatable bonds is 7. The van der Waals surface area contributed by atoms with Gasteiger partial charge in [0.25, 0.3) is 0 Å². The zero-order chi connectivity index (χ0) is 19.4. The maximum atomic E-state index is 13.2. The zero-order valence-corrected chi connectivity index (χ0v) is 15.8. The summed E-state index contributed by atoms with van der Waals surface area (Å²) in [6.07, 6.45) is 2.51. The summed E-state index contributed by atoms with van der Waals surface area (Å²) in [7, 11) is 4.65. The Morgan fingerprint density at radius 2 is 1.63 bits per heavy atom. The molecule has 3 rings (SSSR count). The molecule has 1 amide bonds. The highest BCUT2D eigenvalue weighted by Crippen LogP contribution is 2.44. The van der Waals surface area contributed by atoms with E-state index in [0.29, 0.717) is 23.8 Å². The SMILES string of the molecule is COc1cc(CNC(=O)C2(c3ccc(F)cc3)CCC2)cc(OC)c1OC. The third-order valence-electron chi connectivity index (χ3n) is 5.22. The highest BCUT2D eigenvalue weighted by molar-refractivity contribution is 5.89. The van der Waals surface area contributed by atoms with E-state index < -0.39 is 5.41 Å². The minimum atomic E-state index is -0.575. The molecule has 2 aromatic carbocycles. The van der Waals surface area contributed by atoms with Crippen molar-refractivity contribution in [2.45, 2.75) is 31.2 Å². The molecular weight excluding hydrogens is 349 g/mol. The van der Waals surface area contributed by atoms with Crippen molar-refractivity contribution in [3.8, 4) is 17.2 Å². The molecule has 0 radical (unpaired) electrons. The second-order valence-electron chi connectivity index (χ2n) is 6.66. The highest BCUT2D eigenvalue weighted by Gasteiger charge is 2.45. The van der Waals surface area contributed by atoms with E-state index in [1.54, 1.807) is 33.5 Å². The summed E-state index contributed by atoms with van der Waals surface area (Å²) in [4.78, 5) is 12.9. The van der Waals surface area contributed by atoms with Gasteiger partial charge in [0, 0.05) is 6.54 Å². The Labute approximate surface area is 158 Å². The summed E-state index contributed by atoms with van der Waals surface area (Å²) >= 11 is 0. The lowest BCUT2D eigenvalue weighted by Gasteiger charge is -2.40. The number of carbonyl (C=O) groups excluding carboxylic acids is 1. The van der Waals surface area contributed by atoms with Gasteiger partial charge in [-0.05, 0) is 48.2 Å². The molecule has 27 heavy (non-hydrogen) atoms. The molecule has 5 nitrogen and oxygen atoms in total. The van der Waals surface area contributed by atoms with E-state index in [1.165, 1.54) is 12.1 Å². The molecule has 0 saturated heterocycles. The van der Waals surface area contributed by atoms with Crippen molar-refractivity contribution in [3.05, 3.63) is 53.3 Å². The van der Waals surface area contributed by atoms with Crippen molar-refractivity contribution < 1.29 is 23.4 Å². The molecule has 1 aliphatic rings. The molecule has 1 fully saturated rings. The van der Waals surface area contributed by atoms with Crippen LogP contribution in [0.3, 0.4) is 0 Å². The number of hydrogen-bond donors (Lipinski definition) is 1. The van der Waals surface area contributed by atoms with Gasteiger partial charge in [-0.25, -0.2) is 4.39 Å². The Balaban J connectivity index is 1.78. The van der Waals surface area contributed by atoms with Crippen molar-refractivity contribution >= 4 is 5.91 Å². The normalized spacial score (nSPS) is 14.8. The van der Waals surface area contributed by atoms with Gasteiger partial charge in [-0.2, -0.15) is 0 Å². The van der Waals surface area contributed by atoms with Crippen LogP contribution in [0, 0.1) is 5.82 Å². The summed E-state index contributed by atoms with van der Waals surface area (Å²) in [5.41, 5.74) is 1.12. The van der Waals surface area contributed by atoms with Crippen LogP contribution in [0.25, 0.3) is 0 Å². The van der Waals surface area contributed by atoms with Gasteiger partial charge in [0.15, 0.2) is 11.5 Å². The maximum absolute atomic E-state index is 13.2. The van der Waals surface area contributed by atoms with E-state index >= 15 is 0 Å². The van der Waals surface area contributed by atoms with Gasteiger partial charge >= 0.3 is 0 Å². The first-order chi connectivity index (χ1) is 13.0. The van der Waals surface area contributed by atoms with Gasteiger partial charge < -0.3 is 19.5 Å². The van der Waals surface area contributed by atoms with Crippen LogP contribution in [0.1, 0.15) is 30.4 Å². The molecule has 0 heterocycles. The van der Waals surface area contributed by atoms with E-state index in [-0.39, 0.29) is 11.7 Å². The number of ether oxygens (including phenoxy) is 3. The molecule has 1 aliphatic carbocycles. The molecule has 1 saturated carbocycles. The summed E-state index contributed by atoms with van der Waals surface area (Å²) in [6.45, 7) is 0.332. The van der Waals surface area contributed by atoms with Gasteiger partial charge in [0.05, 0.1) is 26.7 Å². The van der Waals surface area contributed by atoms with Crippen LogP contribution in [0.5, 0.6) is 17.2 Å². The zero-order valence-electron chi connectivity index (χ0n) is 15.8. The maximum Gasteiger partial charge on any atom is 0.230 e. The fraction of sp³-hybridized carbons (Fsp3) is 0.381. The molecule has 0 unspecified atom stereocenters. The van der Waals surface area contributed by atoms with Crippen LogP contribution >= 0.6 is 0 Å². The number of halogens is 1. The van der Waals surface area contributed by atoms with Crippen LogP contribution in [0.4, 0.5) is 4.39 Å². The Morgan fingerprint density at radius 3 is 2.07 bits per heavy atom. The molecule has 144 valence electrons. The van der Waals surface area contributed by atoms with Crippen LogP contribution < -0.4 is 19.5 Å². The monoisotopic (exact) mass is 373 g/mol. The van der Waals surface area contributed by atoms with Crippen molar-refractivity contribution in [3.63, 3.8) is 0 Å². The van der Waals surface area contributed by atoms with Crippen molar-refractivity contribution in [2.24, 2.45) is 0 Å². The second kappa shape index (κ2) is 7.86. The lowest BCUT2D eigenvalue weighted by molar-refractivity contribution is -0.130. The smallest absolute Gasteiger partial charge is 0.230 e. The van der Waals surface area contributed by atoms with Gasteiger partial charge in [0.2, 0.25) is 11.7 Å². The number of benzene rings is 2. The molecule has 2 aromatic rings. The molecule has 1 N–H and O–H groups in total. The van der Waals surface area contributed by atoms with Gasteiger partial charge in [-0.1, -0.05) is 18.6 Å². The van der Waals surface area contributed by atoms with E-state index in [0.717, 1.165) is 30.4 Å². The third kappa shape index (κ3) is 3.56. The minimum Gasteiger partial charge on any atom is -0.493 e. The van der Waals surface area contributed by atoms with Crippen LogP contribution in [-0.2, 0) is 16.8 Å². The fourth-order valence-electron chi connectivity index (χ4n) is 3.54. The Kier molecular flexibility index (Phi) is 5.54. The Hall–Kier alpha value is -2.76. The third-order valence-corrected chi connectivity index (χ3v) is 5.22. The quantitative estimate of drug-likeness (QED) is 0.806. The van der Waals surface area contributed by atoms with E-state index in [2.05, 4.69) is 5.32 Å². The van der Waals surface area contributed by atoms with Crippen molar-refractivity contribution in [1.82, 2.24) is 5.32 Å². The van der Waals surface area contributed by atoms with Crippen LogP contribution in [0.15, 0.2) is 36.4 Å². The van der Waals surface area contributed by atoms with E-state index in [9.17, 15) is 9.18 Å². The lowest BCUT2D eigenvalue weighted by atomic mass is 9.64. The largest absolute Gasteiger partial charge is 0.493 e. The standard InChI is InChI=1S/C21H24FNO4/c1-25-17-11-14(12-18(26-2)19(17)27-3)13-23-20(24)21(9-4-10-21)15-5-7-16(22)8-6-15/h5-8,11-12H,4,9-10,13H2,1-3H3,(H,23,24). The lowest BCUT2D eigenvalue weighted by Crippen LogP contribution is -2.49. The Morgan fingerprint density at radius 1 is 1.04 bits per heavy atom. The minimum absolute atomic E-state index is 0.0471. The molecule has 0 atom stereocenters. The summed E-state index contributed by atoms with van der Waals surface area (Å²) in [6, 6.07) is 9.84. The number of hydrogen-bond acceptors (Lipinski definition) is 4. The van der Waals surface area contributed by atoms with E-state index in [4.69, 9.17) is 14.2 Å². The molecule has 0 aromatic heterocycles. The summed E-state index contributed by atoms with van der Waals surface area (Å²) in [5.74, 6) is 1.24. The fourth-order valence-corrected chi connectivity index (χ4v) is 3.54. The predicted octanol–water partition coefficient (Wildman–Crippen LogP) is 3.59.